The molecule has 0 amide bonds. The Labute approximate surface area is 135 Å². The summed E-state index contributed by atoms with van der Waals surface area (Å²) >= 11 is 7.43. The van der Waals surface area contributed by atoms with Crippen molar-refractivity contribution in [3.63, 3.8) is 0 Å². The first-order valence-corrected chi connectivity index (χ1v) is 11.4. The molecule has 0 aliphatic heterocycles. The standard InChI is InChI=1S/C15H33O2PS2/c1-13(2,3)10-16-18(19,17-11-14(4,5)6)20-12-15(7,8)9/h10-12H2,1-9H3. The minimum atomic E-state index is -2.26. The Kier molecular flexibility index (Phi) is 7.80. The van der Waals surface area contributed by atoms with E-state index in [2.05, 4.69) is 62.3 Å². The van der Waals surface area contributed by atoms with Crippen LogP contribution in [0.4, 0.5) is 0 Å². The third-order valence-corrected chi connectivity index (χ3v) is 7.72. The van der Waals surface area contributed by atoms with Gasteiger partial charge in [0.25, 0.3) is 0 Å². The number of hydrogen-bond donors (Lipinski definition) is 0. The Morgan fingerprint density at radius 2 is 1.10 bits per heavy atom. The lowest BCUT2D eigenvalue weighted by molar-refractivity contribution is 0.155. The normalized spacial score (nSPS) is 14.7. The quantitative estimate of drug-likeness (QED) is 0.542. The van der Waals surface area contributed by atoms with Gasteiger partial charge in [-0.15, -0.1) is 0 Å². The molecule has 0 saturated heterocycles. The van der Waals surface area contributed by atoms with Gasteiger partial charge in [0.2, 0.25) is 5.69 Å². The SMILES string of the molecule is CC(C)(C)COP(=S)(OCC(C)(C)C)SCC(C)(C)C. The molecule has 20 heavy (non-hydrogen) atoms. The van der Waals surface area contributed by atoms with Crippen molar-refractivity contribution < 1.29 is 9.05 Å². The second-order valence-corrected chi connectivity index (χ2v) is 15.3. The number of rotatable bonds is 6. The van der Waals surface area contributed by atoms with Gasteiger partial charge in [-0.25, -0.2) is 0 Å². The Morgan fingerprint density at radius 3 is 1.35 bits per heavy atom. The highest BCUT2D eigenvalue weighted by atomic mass is 32.9. The fourth-order valence-corrected chi connectivity index (χ4v) is 5.98. The third kappa shape index (κ3) is 12.6. The highest BCUT2D eigenvalue weighted by Crippen LogP contribution is 2.63. The maximum absolute atomic E-state index is 6.05. The van der Waals surface area contributed by atoms with Gasteiger partial charge in [-0.3, -0.25) is 0 Å². The molecule has 0 aliphatic carbocycles. The van der Waals surface area contributed by atoms with Gasteiger partial charge in [0.1, 0.15) is 0 Å². The van der Waals surface area contributed by atoms with Crippen LogP contribution in [0.3, 0.4) is 0 Å². The van der Waals surface area contributed by atoms with Crippen LogP contribution in [0.25, 0.3) is 0 Å². The van der Waals surface area contributed by atoms with Crippen LogP contribution in [-0.2, 0) is 20.9 Å². The summed E-state index contributed by atoms with van der Waals surface area (Å²) in [5.41, 5.74) is -1.81. The fraction of sp³-hybridized carbons (Fsp3) is 1.00. The molecule has 0 radical (unpaired) electrons. The Balaban J connectivity index is 4.71. The van der Waals surface area contributed by atoms with Crippen molar-refractivity contribution in [2.24, 2.45) is 16.2 Å². The van der Waals surface area contributed by atoms with Gasteiger partial charge >= 0.3 is 0 Å². The molecule has 0 bridgehead atoms. The monoisotopic (exact) mass is 340 g/mol. The van der Waals surface area contributed by atoms with Crippen LogP contribution in [0.1, 0.15) is 62.3 Å². The smallest absolute Gasteiger partial charge is 0.247 e. The first-order valence-electron chi connectivity index (χ1n) is 7.16. The van der Waals surface area contributed by atoms with Crippen molar-refractivity contribution in [3.8, 4) is 0 Å². The summed E-state index contributed by atoms with van der Waals surface area (Å²) in [5.74, 6) is 0.957. The van der Waals surface area contributed by atoms with Crippen LogP contribution in [0.5, 0.6) is 0 Å². The molecule has 0 heterocycles. The van der Waals surface area contributed by atoms with E-state index in [0.29, 0.717) is 13.2 Å². The van der Waals surface area contributed by atoms with E-state index in [1.165, 1.54) is 0 Å². The van der Waals surface area contributed by atoms with Gasteiger partial charge in [0, 0.05) is 5.75 Å². The van der Waals surface area contributed by atoms with E-state index in [1.807, 2.05) is 0 Å². The molecule has 0 spiro atoms. The summed E-state index contributed by atoms with van der Waals surface area (Å²) in [6, 6.07) is 0. The third-order valence-electron chi connectivity index (χ3n) is 1.97. The zero-order valence-electron chi connectivity index (χ0n) is 14.7. The average molecular weight is 341 g/mol. The van der Waals surface area contributed by atoms with Crippen LogP contribution in [0.15, 0.2) is 0 Å². The predicted octanol–water partition coefficient (Wildman–Crippen LogP) is 6.12. The van der Waals surface area contributed by atoms with Crippen molar-refractivity contribution in [1.82, 2.24) is 0 Å². The molecule has 0 saturated carbocycles. The van der Waals surface area contributed by atoms with Crippen molar-refractivity contribution in [1.29, 1.82) is 0 Å². The molecular weight excluding hydrogens is 307 g/mol. The second kappa shape index (κ2) is 7.46. The summed E-state index contributed by atoms with van der Waals surface area (Å²) in [6.45, 7) is 20.9. The molecule has 2 nitrogen and oxygen atoms in total. The minimum absolute atomic E-state index is 0.109. The van der Waals surface area contributed by atoms with Crippen molar-refractivity contribution in [3.05, 3.63) is 0 Å². The number of hydrogen-bond acceptors (Lipinski definition) is 4. The van der Waals surface area contributed by atoms with Gasteiger partial charge in [-0.1, -0.05) is 73.7 Å². The van der Waals surface area contributed by atoms with Crippen molar-refractivity contribution in [2.45, 2.75) is 62.3 Å². The predicted molar refractivity (Wildman–Crippen MR) is 97.0 cm³/mol. The molecule has 0 atom stereocenters. The zero-order valence-corrected chi connectivity index (χ0v) is 17.2. The zero-order chi connectivity index (χ0) is 16.2. The highest BCUT2D eigenvalue weighted by Gasteiger charge is 2.28. The molecular formula is C15H33O2PS2. The lowest BCUT2D eigenvalue weighted by atomic mass is 9.99. The lowest BCUT2D eigenvalue weighted by Gasteiger charge is -2.30. The Bertz CT molecular complexity index is 283. The van der Waals surface area contributed by atoms with Gasteiger partial charge < -0.3 is 9.05 Å². The first kappa shape index (κ1) is 20.9. The average Bonchev–Trinajstić information content (AvgIpc) is 2.18. The van der Waals surface area contributed by atoms with Gasteiger partial charge in [0.15, 0.2) is 0 Å². The molecule has 0 unspecified atom stereocenters. The fourth-order valence-electron chi connectivity index (χ4n) is 0.930. The highest BCUT2D eigenvalue weighted by molar-refractivity contribution is 8.67. The van der Waals surface area contributed by atoms with Crippen LogP contribution in [0, 0.1) is 16.2 Å². The summed E-state index contributed by atoms with van der Waals surface area (Å²) < 4.78 is 12.1. The first-order chi connectivity index (χ1) is 8.62. The van der Waals surface area contributed by atoms with Crippen molar-refractivity contribution >= 4 is 28.9 Å². The van der Waals surface area contributed by atoms with E-state index in [0.717, 1.165) is 5.75 Å². The minimum Gasteiger partial charge on any atom is -0.321 e. The topological polar surface area (TPSA) is 18.5 Å². The van der Waals surface area contributed by atoms with Crippen LogP contribution < -0.4 is 0 Å². The maximum Gasteiger partial charge on any atom is 0.247 e. The molecule has 0 aromatic rings. The summed E-state index contributed by atoms with van der Waals surface area (Å²) in [7, 11) is 0. The molecule has 0 aliphatic rings. The molecule has 0 rings (SSSR count). The van der Waals surface area contributed by atoms with E-state index >= 15 is 0 Å². The summed E-state index contributed by atoms with van der Waals surface area (Å²) in [4.78, 5) is 0. The maximum atomic E-state index is 6.05. The van der Waals surface area contributed by atoms with Crippen LogP contribution in [-0.4, -0.2) is 19.0 Å². The Morgan fingerprint density at radius 1 is 0.750 bits per heavy atom. The van der Waals surface area contributed by atoms with Crippen molar-refractivity contribution in [2.75, 3.05) is 19.0 Å². The van der Waals surface area contributed by atoms with Gasteiger partial charge in [-0.2, -0.15) is 0 Å². The van der Waals surface area contributed by atoms with E-state index in [4.69, 9.17) is 20.9 Å². The molecule has 0 aromatic heterocycles. The Hall–Kier alpha value is 0.920. The van der Waals surface area contributed by atoms with E-state index in [9.17, 15) is 0 Å². The largest absolute Gasteiger partial charge is 0.321 e. The molecule has 0 aromatic carbocycles. The lowest BCUT2D eigenvalue weighted by Crippen LogP contribution is -2.17. The molecule has 0 fully saturated rings. The second-order valence-electron chi connectivity index (χ2n) is 8.95. The van der Waals surface area contributed by atoms with Gasteiger partial charge in [-0.05, 0) is 28.1 Å². The van der Waals surface area contributed by atoms with E-state index < -0.39 is 5.69 Å². The van der Waals surface area contributed by atoms with Crippen LogP contribution >= 0.6 is 17.1 Å². The molecule has 122 valence electrons. The van der Waals surface area contributed by atoms with Crippen LogP contribution in [0.2, 0.25) is 0 Å². The van der Waals surface area contributed by atoms with E-state index in [1.54, 1.807) is 11.4 Å². The molecule has 5 heteroatoms. The summed E-state index contributed by atoms with van der Waals surface area (Å²) in [6.07, 6.45) is 0. The summed E-state index contributed by atoms with van der Waals surface area (Å²) in [5, 5.41) is 0. The molecule has 0 N–H and O–H groups in total. The van der Waals surface area contributed by atoms with Gasteiger partial charge in [0.05, 0.1) is 13.2 Å². The van der Waals surface area contributed by atoms with E-state index in [-0.39, 0.29) is 16.2 Å².